The van der Waals surface area contributed by atoms with Crippen molar-refractivity contribution < 1.29 is 27.6 Å². The molecule has 17 heavy (non-hydrogen) atoms. The van der Waals surface area contributed by atoms with E-state index < -0.39 is 40.0 Å². The van der Waals surface area contributed by atoms with Crippen LogP contribution in [0.15, 0.2) is 12.1 Å². The molecule has 0 aliphatic rings. The van der Waals surface area contributed by atoms with Crippen molar-refractivity contribution in [1.29, 1.82) is 0 Å². The van der Waals surface area contributed by atoms with Crippen molar-refractivity contribution in [2.45, 2.75) is 12.2 Å². The molecule has 0 fully saturated rings. The van der Waals surface area contributed by atoms with Crippen LogP contribution in [0.4, 0.5) is 23.2 Å². The highest BCUT2D eigenvalue weighted by Gasteiger charge is 2.40. The van der Waals surface area contributed by atoms with Crippen molar-refractivity contribution in [3.8, 4) is 5.75 Å². The molecule has 0 aromatic heterocycles. The summed E-state index contributed by atoms with van der Waals surface area (Å²) >= 11 is 0. The fraction of sp³-hybridized carbons (Fsp3) is 0.250. The Balaban J connectivity index is 3.35. The Kier molecular flexibility index (Phi) is 3.23. The smallest absolute Gasteiger partial charge is 0.407 e. The zero-order chi connectivity index (χ0) is 13.4. The SMILES string of the molecule is N[C@H](c1cc([N+](=O)[O-])c(F)cc1O)C(F)(F)F. The van der Waals surface area contributed by atoms with Gasteiger partial charge < -0.3 is 10.8 Å². The zero-order valence-electron chi connectivity index (χ0n) is 8.03. The van der Waals surface area contributed by atoms with E-state index in [1.807, 2.05) is 0 Å². The Labute approximate surface area is 91.6 Å². The van der Waals surface area contributed by atoms with Crippen LogP contribution in [0.3, 0.4) is 0 Å². The fourth-order valence-electron chi connectivity index (χ4n) is 1.13. The van der Waals surface area contributed by atoms with Gasteiger partial charge >= 0.3 is 11.9 Å². The number of benzene rings is 1. The highest BCUT2D eigenvalue weighted by molar-refractivity contribution is 5.46. The first-order valence-corrected chi connectivity index (χ1v) is 4.13. The third kappa shape index (κ3) is 2.61. The van der Waals surface area contributed by atoms with Gasteiger partial charge in [-0.2, -0.15) is 17.6 Å². The van der Waals surface area contributed by atoms with E-state index in [1.54, 1.807) is 0 Å². The lowest BCUT2D eigenvalue weighted by molar-refractivity contribution is -0.387. The van der Waals surface area contributed by atoms with Crippen LogP contribution in [0.5, 0.6) is 5.75 Å². The number of nitro groups is 1. The Morgan fingerprint density at radius 3 is 2.35 bits per heavy atom. The fourth-order valence-corrected chi connectivity index (χ4v) is 1.13. The maximum absolute atomic E-state index is 12.9. The number of hydrogen-bond acceptors (Lipinski definition) is 4. The van der Waals surface area contributed by atoms with Crippen LogP contribution in [-0.4, -0.2) is 16.2 Å². The molecular formula is C8H6F4N2O3. The highest BCUT2D eigenvalue weighted by Crippen LogP contribution is 2.37. The molecule has 5 nitrogen and oxygen atoms in total. The highest BCUT2D eigenvalue weighted by atomic mass is 19.4. The van der Waals surface area contributed by atoms with Crippen LogP contribution in [0.2, 0.25) is 0 Å². The van der Waals surface area contributed by atoms with Gasteiger partial charge in [0.15, 0.2) is 0 Å². The summed E-state index contributed by atoms with van der Waals surface area (Å²) in [5.74, 6) is -2.52. The normalized spacial score (nSPS) is 13.5. The van der Waals surface area contributed by atoms with E-state index in [2.05, 4.69) is 0 Å². The van der Waals surface area contributed by atoms with Gasteiger partial charge in [0.25, 0.3) is 0 Å². The minimum atomic E-state index is -4.90. The number of alkyl halides is 3. The maximum atomic E-state index is 12.9. The molecule has 0 aliphatic carbocycles. The molecule has 0 saturated heterocycles. The largest absolute Gasteiger partial charge is 0.507 e. The molecule has 0 amide bonds. The number of nitrogens with two attached hydrogens (primary N) is 1. The van der Waals surface area contributed by atoms with Crippen LogP contribution in [0, 0.1) is 15.9 Å². The van der Waals surface area contributed by atoms with Gasteiger partial charge in [-0.05, 0) is 0 Å². The molecule has 94 valence electrons. The number of phenols is 1. The second-order valence-corrected chi connectivity index (χ2v) is 3.14. The summed E-state index contributed by atoms with van der Waals surface area (Å²) in [7, 11) is 0. The maximum Gasteiger partial charge on any atom is 0.407 e. The molecule has 0 saturated carbocycles. The first-order chi connectivity index (χ1) is 7.64. The summed E-state index contributed by atoms with van der Waals surface area (Å²) in [5.41, 5.74) is 2.63. The number of nitro benzene ring substituents is 1. The monoisotopic (exact) mass is 254 g/mol. The van der Waals surface area contributed by atoms with Crippen molar-refractivity contribution in [1.82, 2.24) is 0 Å². The van der Waals surface area contributed by atoms with Crippen LogP contribution >= 0.6 is 0 Å². The Morgan fingerprint density at radius 1 is 1.41 bits per heavy atom. The second-order valence-electron chi connectivity index (χ2n) is 3.14. The second kappa shape index (κ2) is 4.17. The van der Waals surface area contributed by atoms with E-state index in [9.17, 15) is 27.7 Å². The summed E-state index contributed by atoms with van der Waals surface area (Å²) in [6, 6.07) is -2.14. The average molecular weight is 254 g/mol. The van der Waals surface area contributed by atoms with Crippen LogP contribution in [0.1, 0.15) is 11.6 Å². The minimum absolute atomic E-state index is 0.221. The summed E-state index contributed by atoms with van der Waals surface area (Å²) in [4.78, 5) is 9.11. The zero-order valence-corrected chi connectivity index (χ0v) is 8.03. The summed E-state index contributed by atoms with van der Waals surface area (Å²) in [5, 5.41) is 19.4. The predicted octanol–water partition coefficient (Wildman–Crippen LogP) is 2.00. The van der Waals surface area contributed by atoms with Crippen molar-refractivity contribution in [3.05, 3.63) is 33.6 Å². The molecule has 3 N–H and O–H groups in total. The number of halogens is 4. The summed E-state index contributed by atoms with van der Waals surface area (Å²) < 4.78 is 49.7. The van der Waals surface area contributed by atoms with Gasteiger partial charge in [-0.1, -0.05) is 0 Å². The first kappa shape index (κ1) is 13.2. The molecule has 1 aromatic carbocycles. The third-order valence-electron chi connectivity index (χ3n) is 1.98. The standard InChI is InChI=1S/C8H6F4N2O3/c9-4-2-6(15)3(1-5(4)14(16)17)7(13)8(10,11)12/h1-2,7,15H,13H2/t7-/m1/s1. The van der Waals surface area contributed by atoms with Gasteiger partial charge in [-0.15, -0.1) is 0 Å². The van der Waals surface area contributed by atoms with Gasteiger partial charge in [-0.25, -0.2) is 0 Å². The van der Waals surface area contributed by atoms with Crippen molar-refractivity contribution >= 4 is 5.69 Å². The number of nitrogens with zero attached hydrogens (tertiary/aromatic N) is 1. The predicted molar refractivity (Wildman–Crippen MR) is 47.7 cm³/mol. The van der Waals surface area contributed by atoms with Crippen molar-refractivity contribution in [2.24, 2.45) is 5.73 Å². The molecule has 0 heterocycles. The lowest BCUT2D eigenvalue weighted by Crippen LogP contribution is -2.28. The van der Waals surface area contributed by atoms with Crippen LogP contribution in [-0.2, 0) is 0 Å². The first-order valence-electron chi connectivity index (χ1n) is 4.13. The molecule has 0 bridgehead atoms. The number of phenolic OH excluding ortho intramolecular Hbond substituents is 1. The summed E-state index contributed by atoms with van der Waals surface area (Å²) in [6.07, 6.45) is -4.90. The van der Waals surface area contributed by atoms with Gasteiger partial charge in [0, 0.05) is 17.7 Å². The Hall–Kier alpha value is -1.90. The van der Waals surface area contributed by atoms with Gasteiger partial charge in [0.05, 0.1) is 4.92 Å². The van der Waals surface area contributed by atoms with E-state index in [-0.39, 0.29) is 12.1 Å². The minimum Gasteiger partial charge on any atom is -0.507 e. The van der Waals surface area contributed by atoms with Crippen LogP contribution in [0.25, 0.3) is 0 Å². The lowest BCUT2D eigenvalue weighted by Gasteiger charge is -2.16. The molecule has 0 spiro atoms. The van der Waals surface area contributed by atoms with Crippen molar-refractivity contribution in [3.63, 3.8) is 0 Å². The number of hydrogen-bond donors (Lipinski definition) is 2. The topological polar surface area (TPSA) is 89.4 Å². The van der Waals surface area contributed by atoms with Gasteiger partial charge in [0.2, 0.25) is 5.82 Å². The van der Waals surface area contributed by atoms with Gasteiger partial charge in [0.1, 0.15) is 11.8 Å². The molecule has 0 unspecified atom stereocenters. The van der Waals surface area contributed by atoms with E-state index in [4.69, 9.17) is 10.8 Å². The average Bonchev–Trinajstić information content (AvgIpc) is 2.14. The molecule has 1 aromatic rings. The molecule has 0 aliphatic heterocycles. The van der Waals surface area contributed by atoms with E-state index in [0.29, 0.717) is 0 Å². The van der Waals surface area contributed by atoms with E-state index in [0.717, 1.165) is 0 Å². The van der Waals surface area contributed by atoms with E-state index >= 15 is 0 Å². The van der Waals surface area contributed by atoms with Gasteiger partial charge in [-0.3, -0.25) is 10.1 Å². The number of aromatic hydroxyl groups is 1. The Morgan fingerprint density at radius 2 is 1.94 bits per heavy atom. The molecular weight excluding hydrogens is 248 g/mol. The van der Waals surface area contributed by atoms with E-state index in [1.165, 1.54) is 0 Å². The third-order valence-corrected chi connectivity index (χ3v) is 1.98. The Bertz CT molecular complexity index is 461. The lowest BCUT2D eigenvalue weighted by atomic mass is 10.0. The quantitative estimate of drug-likeness (QED) is 0.480. The molecule has 9 heteroatoms. The molecule has 0 radical (unpaired) electrons. The van der Waals surface area contributed by atoms with Crippen LogP contribution < -0.4 is 5.73 Å². The molecule has 1 atom stereocenters. The van der Waals surface area contributed by atoms with Crippen molar-refractivity contribution in [2.75, 3.05) is 0 Å². The number of rotatable bonds is 2. The summed E-state index contributed by atoms with van der Waals surface area (Å²) in [6.45, 7) is 0. The molecule has 1 rings (SSSR count).